The summed E-state index contributed by atoms with van der Waals surface area (Å²) in [5, 5.41) is 0.00294. The summed E-state index contributed by atoms with van der Waals surface area (Å²) in [6.45, 7) is 3.48. The Morgan fingerprint density at radius 1 is 1.18 bits per heavy atom. The predicted octanol–water partition coefficient (Wildman–Crippen LogP) is 3.80. The first-order valence-corrected chi connectivity index (χ1v) is 9.89. The van der Waals surface area contributed by atoms with E-state index in [9.17, 15) is 14.0 Å². The van der Waals surface area contributed by atoms with Crippen LogP contribution in [-0.4, -0.2) is 22.3 Å². The number of nitrogens with zero attached hydrogens (tertiary/aromatic N) is 2. The van der Waals surface area contributed by atoms with Gasteiger partial charge in [-0.25, -0.2) is 9.18 Å². The minimum absolute atomic E-state index is 0.0956. The van der Waals surface area contributed by atoms with Gasteiger partial charge in [-0.3, -0.25) is 13.9 Å². The average molecular weight is 468 g/mol. The maximum atomic E-state index is 14.1. The largest absolute Gasteiger partial charge is 0.380 e. The van der Waals surface area contributed by atoms with Crippen molar-refractivity contribution < 1.29 is 9.13 Å². The molecule has 0 N–H and O–H groups in total. The third-order valence-corrected chi connectivity index (χ3v) is 5.78. The van der Waals surface area contributed by atoms with Gasteiger partial charge in [0.05, 0.1) is 35.7 Å². The third kappa shape index (κ3) is 3.43. The summed E-state index contributed by atoms with van der Waals surface area (Å²) in [6.07, 6.45) is 0. The molecule has 0 atom stereocenters. The van der Waals surface area contributed by atoms with Crippen LogP contribution in [-0.2, 0) is 17.8 Å². The van der Waals surface area contributed by atoms with Gasteiger partial charge in [0.2, 0.25) is 0 Å². The molecule has 1 fully saturated rings. The number of hydrogen-bond donors (Lipinski definition) is 0. The molecule has 0 saturated carbocycles. The number of rotatable bonds is 4. The number of ether oxygens (including phenoxy) is 1. The lowest BCUT2D eigenvalue weighted by atomic mass is 9.88. The molecule has 2 aromatic carbocycles. The van der Waals surface area contributed by atoms with E-state index in [0.717, 1.165) is 20.7 Å². The van der Waals surface area contributed by atoms with Crippen molar-refractivity contribution >= 4 is 38.4 Å². The highest BCUT2D eigenvalue weighted by atomic mass is 79.9. The molecule has 5 nitrogen and oxygen atoms in total. The van der Waals surface area contributed by atoms with Gasteiger partial charge in [-0.2, -0.15) is 0 Å². The molecule has 2 heterocycles. The summed E-state index contributed by atoms with van der Waals surface area (Å²) < 4.78 is 22.9. The fourth-order valence-corrected chi connectivity index (χ4v) is 3.82. The molecule has 4 rings (SSSR count). The lowest BCUT2D eigenvalue weighted by Crippen LogP contribution is -2.48. The van der Waals surface area contributed by atoms with Gasteiger partial charge in [0, 0.05) is 16.4 Å². The summed E-state index contributed by atoms with van der Waals surface area (Å²) in [7, 11) is 0. The van der Waals surface area contributed by atoms with Crippen molar-refractivity contribution in [1.82, 2.24) is 9.13 Å². The Bertz CT molecular complexity index is 1180. The molecule has 0 bridgehead atoms. The second-order valence-electron chi connectivity index (χ2n) is 7.47. The Balaban J connectivity index is 1.94. The van der Waals surface area contributed by atoms with Crippen LogP contribution < -0.4 is 11.2 Å². The van der Waals surface area contributed by atoms with Gasteiger partial charge >= 0.3 is 5.69 Å². The number of benzene rings is 2. The highest BCUT2D eigenvalue weighted by Crippen LogP contribution is 2.29. The Morgan fingerprint density at radius 3 is 2.46 bits per heavy atom. The Kier molecular flexibility index (Phi) is 4.93. The summed E-state index contributed by atoms with van der Waals surface area (Å²) in [6, 6.07) is 9.79. The van der Waals surface area contributed by atoms with Crippen molar-refractivity contribution in [3.63, 3.8) is 0 Å². The zero-order valence-electron chi connectivity index (χ0n) is 15.0. The van der Waals surface area contributed by atoms with Gasteiger partial charge in [0.15, 0.2) is 0 Å². The number of fused-ring (bicyclic) bond motifs is 1. The van der Waals surface area contributed by atoms with E-state index in [1.54, 1.807) is 0 Å². The summed E-state index contributed by atoms with van der Waals surface area (Å²) in [5.41, 5.74) is -0.0826. The van der Waals surface area contributed by atoms with Gasteiger partial charge in [0.25, 0.3) is 5.56 Å². The van der Waals surface area contributed by atoms with E-state index < -0.39 is 17.1 Å². The van der Waals surface area contributed by atoms with Gasteiger partial charge in [-0.15, -0.1) is 0 Å². The van der Waals surface area contributed by atoms with Crippen LogP contribution in [0.5, 0.6) is 0 Å². The molecular formula is C20H17BrClFN2O3. The second kappa shape index (κ2) is 7.13. The average Bonchev–Trinajstić information content (AvgIpc) is 2.64. The smallest absolute Gasteiger partial charge is 0.331 e. The maximum absolute atomic E-state index is 14.1. The van der Waals surface area contributed by atoms with Gasteiger partial charge in [-0.05, 0) is 29.8 Å². The van der Waals surface area contributed by atoms with Crippen molar-refractivity contribution in [3.05, 3.63) is 78.1 Å². The van der Waals surface area contributed by atoms with E-state index in [0.29, 0.717) is 25.3 Å². The monoisotopic (exact) mass is 466 g/mol. The van der Waals surface area contributed by atoms with Crippen LogP contribution in [0.2, 0.25) is 5.02 Å². The quantitative estimate of drug-likeness (QED) is 0.586. The highest BCUT2D eigenvalue weighted by Gasteiger charge is 2.35. The molecule has 0 unspecified atom stereocenters. The van der Waals surface area contributed by atoms with E-state index >= 15 is 0 Å². The molecule has 3 aromatic rings. The number of hydrogen-bond acceptors (Lipinski definition) is 3. The van der Waals surface area contributed by atoms with E-state index in [1.807, 2.05) is 31.2 Å². The van der Waals surface area contributed by atoms with Crippen molar-refractivity contribution in [3.8, 4) is 0 Å². The zero-order chi connectivity index (χ0) is 20.1. The van der Waals surface area contributed by atoms with Gasteiger partial charge in [0.1, 0.15) is 5.82 Å². The molecule has 0 aliphatic carbocycles. The van der Waals surface area contributed by atoms with Crippen molar-refractivity contribution in [2.75, 3.05) is 13.2 Å². The second-order valence-corrected chi connectivity index (χ2v) is 8.80. The van der Waals surface area contributed by atoms with Crippen LogP contribution in [0.25, 0.3) is 10.9 Å². The van der Waals surface area contributed by atoms with Crippen LogP contribution in [0.3, 0.4) is 0 Å². The third-order valence-electron chi connectivity index (χ3n) is 4.96. The molecule has 1 aliphatic rings. The molecule has 8 heteroatoms. The summed E-state index contributed by atoms with van der Waals surface area (Å²) in [5.74, 6) is -0.690. The Morgan fingerprint density at radius 2 is 1.86 bits per heavy atom. The van der Waals surface area contributed by atoms with Gasteiger partial charge < -0.3 is 4.74 Å². The predicted molar refractivity (Wildman–Crippen MR) is 110 cm³/mol. The lowest BCUT2D eigenvalue weighted by Gasteiger charge is -2.38. The molecule has 0 spiro atoms. The highest BCUT2D eigenvalue weighted by molar-refractivity contribution is 9.10. The Hall–Kier alpha value is -1.96. The van der Waals surface area contributed by atoms with Crippen LogP contribution in [0.15, 0.2) is 50.5 Å². The molecule has 1 saturated heterocycles. The number of aromatic nitrogens is 2. The van der Waals surface area contributed by atoms with Crippen LogP contribution in [0.4, 0.5) is 4.39 Å². The molecule has 1 aliphatic heterocycles. The SMILES string of the molecule is CC1(Cn2c(=O)n(Cc3ccc(Br)cc3)c(=O)c3cc(F)c(Cl)cc32)COC1. The molecule has 0 radical (unpaired) electrons. The van der Waals surface area contributed by atoms with E-state index in [1.165, 1.54) is 10.6 Å². The van der Waals surface area contributed by atoms with E-state index in [2.05, 4.69) is 15.9 Å². The molecular weight excluding hydrogens is 451 g/mol. The van der Waals surface area contributed by atoms with E-state index in [-0.39, 0.29) is 22.4 Å². The first-order chi connectivity index (χ1) is 13.3. The summed E-state index contributed by atoms with van der Waals surface area (Å²) in [4.78, 5) is 26.2. The normalized spacial score (nSPS) is 15.6. The standard InChI is InChI=1S/C20H17BrClFN2O3/c1-20(10-28-11-20)9-25-17-7-15(22)16(23)6-14(17)18(26)24(19(25)27)8-12-2-4-13(21)5-3-12/h2-7H,8-11H2,1H3. The van der Waals surface area contributed by atoms with Crippen LogP contribution in [0.1, 0.15) is 12.5 Å². The Labute approximate surface area is 173 Å². The van der Waals surface area contributed by atoms with Crippen molar-refractivity contribution in [2.24, 2.45) is 5.41 Å². The number of halogens is 3. The van der Waals surface area contributed by atoms with Crippen LogP contribution >= 0.6 is 27.5 Å². The molecule has 1 aromatic heterocycles. The first kappa shape index (κ1) is 19.4. The summed E-state index contributed by atoms with van der Waals surface area (Å²) >= 11 is 9.31. The van der Waals surface area contributed by atoms with Crippen LogP contribution in [0, 0.1) is 11.2 Å². The lowest BCUT2D eigenvalue weighted by molar-refractivity contribution is -0.110. The molecule has 146 valence electrons. The topological polar surface area (TPSA) is 53.2 Å². The minimum atomic E-state index is -0.690. The van der Waals surface area contributed by atoms with Gasteiger partial charge in [-0.1, -0.05) is 46.6 Å². The molecule has 0 amide bonds. The minimum Gasteiger partial charge on any atom is -0.380 e. The first-order valence-electron chi connectivity index (χ1n) is 8.72. The zero-order valence-corrected chi connectivity index (χ0v) is 17.4. The fourth-order valence-electron chi connectivity index (χ4n) is 3.40. The van der Waals surface area contributed by atoms with Crippen molar-refractivity contribution in [1.29, 1.82) is 0 Å². The van der Waals surface area contributed by atoms with E-state index in [4.69, 9.17) is 16.3 Å². The maximum Gasteiger partial charge on any atom is 0.331 e. The molecule has 28 heavy (non-hydrogen) atoms. The van der Waals surface area contributed by atoms with Crippen molar-refractivity contribution in [2.45, 2.75) is 20.0 Å². The fraction of sp³-hybridized carbons (Fsp3) is 0.300.